The second-order valence-corrected chi connectivity index (χ2v) is 7.90. The molecule has 2 fully saturated rings. The van der Waals surface area contributed by atoms with Crippen LogP contribution in [0.1, 0.15) is 41.6 Å². The van der Waals surface area contributed by atoms with E-state index in [1.54, 1.807) is 0 Å². The number of aryl methyl sites for hydroxylation is 3. The Bertz CT molecular complexity index is 795. The van der Waals surface area contributed by atoms with E-state index >= 15 is 0 Å². The molecule has 2 aromatic rings. The van der Waals surface area contributed by atoms with Crippen LogP contribution in [0.25, 0.3) is 10.9 Å². The summed E-state index contributed by atoms with van der Waals surface area (Å²) >= 11 is 0. The van der Waals surface area contributed by atoms with Crippen LogP contribution in [-0.2, 0) is 11.2 Å². The second kappa shape index (κ2) is 6.49. The van der Waals surface area contributed by atoms with E-state index in [0.717, 1.165) is 18.8 Å². The zero-order valence-electron chi connectivity index (χ0n) is 15.7. The molecule has 2 aliphatic heterocycles. The summed E-state index contributed by atoms with van der Waals surface area (Å²) in [6.45, 7) is 10.6. The Morgan fingerprint density at radius 3 is 2.48 bits per heavy atom. The molecule has 134 valence electrons. The number of H-pyrrole nitrogens is 1. The minimum atomic E-state index is 0.276. The lowest BCUT2D eigenvalue weighted by Crippen LogP contribution is -2.62. The van der Waals surface area contributed by atoms with Crippen LogP contribution in [-0.4, -0.2) is 52.9 Å². The summed E-state index contributed by atoms with van der Waals surface area (Å²) in [6, 6.07) is 4.91. The largest absolute Gasteiger partial charge is 0.358 e. The second-order valence-electron chi connectivity index (χ2n) is 7.90. The first kappa shape index (κ1) is 16.6. The van der Waals surface area contributed by atoms with Crippen LogP contribution < -0.4 is 0 Å². The van der Waals surface area contributed by atoms with Gasteiger partial charge in [-0.3, -0.25) is 9.69 Å². The Labute approximate surface area is 150 Å². The Morgan fingerprint density at radius 2 is 1.76 bits per heavy atom. The highest BCUT2D eigenvalue weighted by Crippen LogP contribution is 2.29. The summed E-state index contributed by atoms with van der Waals surface area (Å²) in [5.74, 6) is 0.276. The van der Waals surface area contributed by atoms with Gasteiger partial charge in [0.15, 0.2) is 0 Å². The minimum absolute atomic E-state index is 0.276. The number of benzene rings is 1. The highest BCUT2D eigenvalue weighted by Gasteiger charge is 2.35. The lowest BCUT2D eigenvalue weighted by Gasteiger charge is -2.46. The number of nitrogens with zero attached hydrogens (tertiary/aromatic N) is 2. The van der Waals surface area contributed by atoms with Crippen molar-refractivity contribution >= 4 is 16.8 Å². The highest BCUT2D eigenvalue weighted by molar-refractivity contribution is 5.94. The quantitative estimate of drug-likeness (QED) is 0.932. The fraction of sp³-hybridized carbons (Fsp3) is 0.571. The number of aromatic nitrogens is 1. The van der Waals surface area contributed by atoms with E-state index in [0.29, 0.717) is 12.5 Å². The number of likely N-dealkylation sites (tertiary alicyclic amines) is 2. The SMILES string of the molecule is Cc1[nH]c2c(C)ccc(C)c2c1CC(=O)N1CC(N2CCCCC2)C1. The molecule has 0 aliphatic carbocycles. The van der Waals surface area contributed by atoms with Crippen LogP contribution in [0, 0.1) is 20.8 Å². The topological polar surface area (TPSA) is 39.3 Å². The van der Waals surface area contributed by atoms with Crippen molar-refractivity contribution in [3.05, 3.63) is 34.5 Å². The van der Waals surface area contributed by atoms with Gasteiger partial charge in [-0.05, 0) is 63.4 Å². The molecule has 0 unspecified atom stereocenters. The number of carbonyl (C=O) groups is 1. The predicted octanol–water partition coefficient (Wildman–Crippen LogP) is 3.33. The average Bonchev–Trinajstić information content (AvgIpc) is 2.89. The molecule has 2 saturated heterocycles. The number of hydrogen-bond donors (Lipinski definition) is 1. The Morgan fingerprint density at radius 1 is 1.08 bits per heavy atom. The first-order chi connectivity index (χ1) is 12.0. The Balaban J connectivity index is 1.46. The minimum Gasteiger partial charge on any atom is -0.358 e. The van der Waals surface area contributed by atoms with Gasteiger partial charge < -0.3 is 9.88 Å². The molecule has 0 radical (unpaired) electrons. The van der Waals surface area contributed by atoms with Crippen molar-refractivity contribution in [2.45, 2.75) is 52.5 Å². The first-order valence-electron chi connectivity index (χ1n) is 9.64. The Hall–Kier alpha value is -1.81. The lowest BCUT2D eigenvalue weighted by atomic mass is 9.98. The molecule has 3 heterocycles. The zero-order valence-corrected chi connectivity index (χ0v) is 15.7. The molecule has 0 bridgehead atoms. The van der Waals surface area contributed by atoms with Crippen LogP contribution in [0.5, 0.6) is 0 Å². The van der Waals surface area contributed by atoms with Crippen molar-refractivity contribution in [2.75, 3.05) is 26.2 Å². The van der Waals surface area contributed by atoms with Crippen LogP contribution >= 0.6 is 0 Å². The standard InChI is InChI=1S/C21H29N3O/c1-14-7-8-15(2)21-20(14)18(16(3)22-21)11-19(25)24-12-17(13-24)23-9-5-4-6-10-23/h7-8,17,22H,4-6,9-13H2,1-3H3. The number of piperidine rings is 1. The number of amides is 1. The van der Waals surface area contributed by atoms with Gasteiger partial charge in [0, 0.05) is 35.7 Å². The van der Waals surface area contributed by atoms with Crippen LogP contribution in [0.4, 0.5) is 0 Å². The van der Waals surface area contributed by atoms with Crippen molar-refractivity contribution in [1.82, 2.24) is 14.8 Å². The molecule has 0 atom stereocenters. The van der Waals surface area contributed by atoms with Gasteiger partial charge >= 0.3 is 0 Å². The third-order valence-corrected chi connectivity index (χ3v) is 6.14. The van der Waals surface area contributed by atoms with E-state index in [4.69, 9.17) is 0 Å². The van der Waals surface area contributed by atoms with E-state index in [-0.39, 0.29) is 5.91 Å². The van der Waals surface area contributed by atoms with Crippen LogP contribution in [0.2, 0.25) is 0 Å². The van der Waals surface area contributed by atoms with E-state index in [9.17, 15) is 4.79 Å². The summed E-state index contributed by atoms with van der Waals surface area (Å²) in [7, 11) is 0. The first-order valence-corrected chi connectivity index (χ1v) is 9.64. The third-order valence-electron chi connectivity index (χ3n) is 6.14. The van der Waals surface area contributed by atoms with Crippen molar-refractivity contribution in [1.29, 1.82) is 0 Å². The molecule has 1 amide bonds. The molecule has 25 heavy (non-hydrogen) atoms. The summed E-state index contributed by atoms with van der Waals surface area (Å²) in [4.78, 5) is 20.9. The monoisotopic (exact) mass is 339 g/mol. The maximum Gasteiger partial charge on any atom is 0.227 e. The maximum absolute atomic E-state index is 12.8. The summed E-state index contributed by atoms with van der Waals surface area (Å²) < 4.78 is 0. The van der Waals surface area contributed by atoms with Gasteiger partial charge in [-0.1, -0.05) is 18.6 Å². The van der Waals surface area contributed by atoms with Gasteiger partial charge in [0.05, 0.1) is 6.42 Å². The third kappa shape index (κ3) is 2.97. The molecule has 1 aromatic carbocycles. The van der Waals surface area contributed by atoms with Crippen molar-refractivity contribution in [3.8, 4) is 0 Å². The van der Waals surface area contributed by atoms with Gasteiger partial charge in [0.1, 0.15) is 0 Å². The normalized spacial score (nSPS) is 19.4. The molecular formula is C21H29N3O. The molecule has 1 N–H and O–H groups in total. The molecular weight excluding hydrogens is 310 g/mol. The molecule has 4 heteroatoms. The molecule has 0 saturated carbocycles. The summed E-state index contributed by atoms with van der Waals surface area (Å²) in [5, 5.41) is 1.25. The van der Waals surface area contributed by atoms with Crippen LogP contribution in [0.3, 0.4) is 0 Å². The Kier molecular flexibility index (Phi) is 4.32. The number of carbonyl (C=O) groups excluding carboxylic acids is 1. The fourth-order valence-electron chi connectivity index (χ4n) is 4.47. The smallest absolute Gasteiger partial charge is 0.227 e. The van der Waals surface area contributed by atoms with Gasteiger partial charge in [0.25, 0.3) is 0 Å². The van der Waals surface area contributed by atoms with E-state index in [1.165, 1.54) is 59.9 Å². The maximum atomic E-state index is 12.8. The number of fused-ring (bicyclic) bond motifs is 1. The van der Waals surface area contributed by atoms with Crippen molar-refractivity contribution < 1.29 is 4.79 Å². The molecule has 0 spiro atoms. The average molecular weight is 339 g/mol. The van der Waals surface area contributed by atoms with Gasteiger partial charge in [-0.2, -0.15) is 0 Å². The molecule has 4 nitrogen and oxygen atoms in total. The number of aromatic amines is 1. The molecule has 2 aliphatic rings. The van der Waals surface area contributed by atoms with Gasteiger partial charge in [0.2, 0.25) is 5.91 Å². The lowest BCUT2D eigenvalue weighted by molar-refractivity contribution is -0.138. The summed E-state index contributed by atoms with van der Waals surface area (Å²) in [5.41, 5.74) is 6.01. The molecule has 4 rings (SSSR count). The van der Waals surface area contributed by atoms with Gasteiger partial charge in [-0.25, -0.2) is 0 Å². The van der Waals surface area contributed by atoms with Crippen LogP contribution in [0.15, 0.2) is 12.1 Å². The van der Waals surface area contributed by atoms with Gasteiger partial charge in [-0.15, -0.1) is 0 Å². The number of rotatable bonds is 3. The van der Waals surface area contributed by atoms with E-state index in [1.807, 2.05) is 4.90 Å². The highest BCUT2D eigenvalue weighted by atomic mass is 16.2. The van der Waals surface area contributed by atoms with Crippen molar-refractivity contribution in [3.63, 3.8) is 0 Å². The van der Waals surface area contributed by atoms with E-state index < -0.39 is 0 Å². The predicted molar refractivity (Wildman–Crippen MR) is 102 cm³/mol. The fourth-order valence-corrected chi connectivity index (χ4v) is 4.47. The summed E-state index contributed by atoms with van der Waals surface area (Å²) in [6.07, 6.45) is 4.52. The van der Waals surface area contributed by atoms with E-state index in [2.05, 4.69) is 42.8 Å². The zero-order chi connectivity index (χ0) is 17.6. The van der Waals surface area contributed by atoms with Crippen molar-refractivity contribution in [2.24, 2.45) is 0 Å². The number of nitrogens with one attached hydrogen (secondary N) is 1. The number of hydrogen-bond acceptors (Lipinski definition) is 2. The molecule has 1 aromatic heterocycles.